The summed E-state index contributed by atoms with van der Waals surface area (Å²) in [6, 6.07) is 6.69. The van der Waals surface area contributed by atoms with Gasteiger partial charge in [-0.25, -0.2) is 4.79 Å². The number of urea groups is 1. The number of likely N-dealkylation sites (tertiary alicyclic amines) is 1. The fourth-order valence-corrected chi connectivity index (χ4v) is 3.78. The van der Waals surface area contributed by atoms with Crippen molar-refractivity contribution < 1.29 is 19.4 Å². The summed E-state index contributed by atoms with van der Waals surface area (Å²) in [6.07, 6.45) is 7.59. The first kappa shape index (κ1) is 16.2. The molecule has 1 saturated heterocycles. The predicted molar refractivity (Wildman–Crippen MR) is 88.8 cm³/mol. The molecule has 0 spiro atoms. The molecular formula is C18H20N2O4. The van der Waals surface area contributed by atoms with E-state index in [9.17, 15) is 14.7 Å². The molecule has 0 bridgehead atoms. The van der Waals surface area contributed by atoms with Crippen LogP contribution in [-0.4, -0.2) is 41.7 Å². The number of carbonyl (C=O) groups excluding carboxylic acids is 1. The van der Waals surface area contributed by atoms with Crippen LogP contribution in [0.4, 0.5) is 10.5 Å². The highest BCUT2D eigenvalue weighted by atomic mass is 16.5. The lowest BCUT2D eigenvalue weighted by Gasteiger charge is -2.23. The van der Waals surface area contributed by atoms with Crippen molar-refractivity contribution in [2.24, 2.45) is 11.3 Å². The maximum absolute atomic E-state index is 12.5. The molecule has 1 aliphatic carbocycles. The van der Waals surface area contributed by atoms with Gasteiger partial charge in [-0.2, -0.15) is 0 Å². The lowest BCUT2D eigenvalue weighted by Crippen LogP contribution is -2.38. The van der Waals surface area contributed by atoms with Crippen molar-refractivity contribution in [3.05, 3.63) is 24.3 Å². The van der Waals surface area contributed by atoms with Crippen LogP contribution in [0.5, 0.6) is 5.75 Å². The van der Waals surface area contributed by atoms with E-state index >= 15 is 0 Å². The number of hydrogen-bond donors (Lipinski definition) is 2. The summed E-state index contributed by atoms with van der Waals surface area (Å²) in [4.78, 5) is 25.8. The summed E-state index contributed by atoms with van der Waals surface area (Å²) in [5, 5.41) is 12.4. The average Bonchev–Trinajstić information content (AvgIpc) is 3.11. The van der Waals surface area contributed by atoms with E-state index in [2.05, 4.69) is 11.2 Å². The second kappa shape index (κ2) is 6.44. The van der Waals surface area contributed by atoms with Gasteiger partial charge in [-0.05, 0) is 30.9 Å². The fourth-order valence-electron chi connectivity index (χ4n) is 3.78. The summed E-state index contributed by atoms with van der Waals surface area (Å²) in [6.45, 7) is 0.921. The summed E-state index contributed by atoms with van der Waals surface area (Å²) in [7, 11) is 0. The Morgan fingerprint density at radius 3 is 3.04 bits per heavy atom. The first-order chi connectivity index (χ1) is 11.5. The average molecular weight is 328 g/mol. The minimum absolute atomic E-state index is 0.0473. The number of carboxylic acid groups (broad SMARTS) is 1. The van der Waals surface area contributed by atoms with Gasteiger partial charge in [0.05, 0.1) is 5.41 Å². The molecule has 2 N–H and O–H groups in total. The predicted octanol–water partition coefficient (Wildman–Crippen LogP) is 2.42. The smallest absolute Gasteiger partial charge is 0.321 e. The van der Waals surface area contributed by atoms with Gasteiger partial charge in [0.25, 0.3) is 0 Å². The highest BCUT2D eigenvalue weighted by Gasteiger charge is 2.55. The number of amides is 2. The highest BCUT2D eigenvalue weighted by molar-refractivity contribution is 5.90. The van der Waals surface area contributed by atoms with Crippen molar-refractivity contribution in [1.82, 2.24) is 4.90 Å². The Kier molecular flexibility index (Phi) is 4.34. The fraction of sp³-hybridized carbons (Fsp3) is 0.444. The van der Waals surface area contributed by atoms with E-state index in [1.165, 1.54) is 0 Å². The zero-order valence-electron chi connectivity index (χ0n) is 13.3. The summed E-state index contributed by atoms with van der Waals surface area (Å²) >= 11 is 0. The van der Waals surface area contributed by atoms with Gasteiger partial charge in [0.1, 0.15) is 12.4 Å². The third-order valence-electron chi connectivity index (χ3n) is 4.99. The molecule has 3 rings (SSSR count). The number of ether oxygens (including phenoxy) is 1. The molecule has 126 valence electrons. The largest absolute Gasteiger partial charge is 0.481 e. The summed E-state index contributed by atoms with van der Waals surface area (Å²) in [5.74, 6) is 2.22. The quantitative estimate of drug-likeness (QED) is 0.832. The van der Waals surface area contributed by atoms with E-state index in [1.807, 2.05) is 0 Å². The number of terminal acetylenes is 1. The van der Waals surface area contributed by atoms with Gasteiger partial charge in [0.2, 0.25) is 0 Å². The van der Waals surface area contributed by atoms with Gasteiger partial charge in [-0.3, -0.25) is 4.79 Å². The monoisotopic (exact) mass is 328 g/mol. The Hall–Kier alpha value is -2.68. The SMILES string of the molecule is C#CCOc1cccc(NC(=O)N2C[C@@H]3CCC[C@@]3(C(=O)O)C2)c1. The standard InChI is InChI=1S/C18H20N2O4/c1-2-9-24-15-7-3-6-14(10-15)19-17(23)20-11-13-5-4-8-18(13,12-20)16(21)22/h1,3,6-7,10,13H,4-5,8-9,11-12H2,(H,19,23)(H,21,22)/t13-,18+/m0/s1. The molecule has 1 aromatic rings. The van der Waals surface area contributed by atoms with Crippen molar-refractivity contribution >= 4 is 17.7 Å². The van der Waals surface area contributed by atoms with Crippen molar-refractivity contribution in [3.63, 3.8) is 0 Å². The third kappa shape index (κ3) is 2.90. The van der Waals surface area contributed by atoms with E-state index in [4.69, 9.17) is 11.2 Å². The van der Waals surface area contributed by atoms with Gasteiger partial charge >= 0.3 is 12.0 Å². The van der Waals surface area contributed by atoms with Crippen LogP contribution in [0.2, 0.25) is 0 Å². The normalized spacial score (nSPS) is 25.0. The Morgan fingerprint density at radius 1 is 1.50 bits per heavy atom. The number of hydrogen-bond acceptors (Lipinski definition) is 3. The summed E-state index contributed by atoms with van der Waals surface area (Å²) < 4.78 is 5.33. The number of anilines is 1. The maximum atomic E-state index is 12.5. The van der Waals surface area contributed by atoms with Crippen LogP contribution in [0.25, 0.3) is 0 Å². The van der Waals surface area contributed by atoms with Crippen LogP contribution in [0.3, 0.4) is 0 Å². The van der Waals surface area contributed by atoms with E-state index in [0.29, 0.717) is 24.4 Å². The number of carboxylic acids is 1. The molecule has 2 atom stereocenters. The second-order valence-corrected chi connectivity index (χ2v) is 6.38. The van der Waals surface area contributed by atoms with Gasteiger partial charge in [0.15, 0.2) is 0 Å². The molecule has 6 nitrogen and oxygen atoms in total. The van der Waals surface area contributed by atoms with Crippen molar-refractivity contribution in [2.75, 3.05) is 25.0 Å². The molecule has 24 heavy (non-hydrogen) atoms. The molecule has 1 heterocycles. The Bertz CT molecular complexity index is 697. The van der Waals surface area contributed by atoms with Gasteiger partial charge in [-0.1, -0.05) is 18.4 Å². The number of rotatable bonds is 4. The van der Waals surface area contributed by atoms with Crippen LogP contribution in [0.1, 0.15) is 19.3 Å². The Labute approximate surface area is 140 Å². The minimum atomic E-state index is -0.787. The van der Waals surface area contributed by atoms with Crippen molar-refractivity contribution in [3.8, 4) is 18.1 Å². The number of benzene rings is 1. The molecule has 0 unspecified atom stereocenters. The number of nitrogens with one attached hydrogen (secondary N) is 1. The second-order valence-electron chi connectivity index (χ2n) is 6.38. The molecule has 6 heteroatoms. The zero-order valence-corrected chi connectivity index (χ0v) is 13.3. The van der Waals surface area contributed by atoms with Crippen LogP contribution in [-0.2, 0) is 4.79 Å². The van der Waals surface area contributed by atoms with E-state index in [1.54, 1.807) is 29.2 Å². The van der Waals surface area contributed by atoms with Crippen LogP contribution in [0.15, 0.2) is 24.3 Å². The van der Waals surface area contributed by atoms with Crippen molar-refractivity contribution in [1.29, 1.82) is 0 Å². The van der Waals surface area contributed by atoms with Gasteiger partial charge < -0.3 is 20.1 Å². The van der Waals surface area contributed by atoms with E-state index in [-0.39, 0.29) is 25.1 Å². The van der Waals surface area contributed by atoms with Crippen LogP contribution < -0.4 is 10.1 Å². The molecule has 1 aromatic carbocycles. The maximum Gasteiger partial charge on any atom is 0.321 e. The molecular weight excluding hydrogens is 308 g/mol. The van der Waals surface area contributed by atoms with E-state index in [0.717, 1.165) is 12.8 Å². The topological polar surface area (TPSA) is 78.9 Å². The molecule has 1 aliphatic heterocycles. The molecule has 0 radical (unpaired) electrons. The van der Waals surface area contributed by atoms with Gasteiger partial charge in [0, 0.05) is 24.8 Å². The minimum Gasteiger partial charge on any atom is -0.481 e. The molecule has 2 amide bonds. The number of aliphatic carboxylic acids is 1. The lowest BCUT2D eigenvalue weighted by molar-refractivity contribution is -0.149. The first-order valence-electron chi connectivity index (χ1n) is 8.01. The van der Waals surface area contributed by atoms with Gasteiger partial charge in [-0.15, -0.1) is 6.42 Å². The first-order valence-corrected chi connectivity index (χ1v) is 8.01. The molecule has 2 aliphatic rings. The Balaban J connectivity index is 1.66. The number of nitrogens with zero attached hydrogens (tertiary/aromatic N) is 1. The van der Waals surface area contributed by atoms with E-state index < -0.39 is 11.4 Å². The molecule has 1 saturated carbocycles. The Morgan fingerprint density at radius 2 is 2.33 bits per heavy atom. The van der Waals surface area contributed by atoms with Crippen molar-refractivity contribution in [2.45, 2.75) is 19.3 Å². The number of fused-ring (bicyclic) bond motifs is 1. The summed E-state index contributed by atoms with van der Waals surface area (Å²) in [5.41, 5.74) is -0.175. The highest BCUT2D eigenvalue weighted by Crippen LogP contribution is 2.48. The van der Waals surface area contributed by atoms with Crippen LogP contribution >= 0.6 is 0 Å². The molecule has 0 aromatic heterocycles. The zero-order chi connectivity index (χ0) is 17.2. The van der Waals surface area contributed by atoms with Crippen LogP contribution in [0, 0.1) is 23.7 Å². The molecule has 2 fully saturated rings. The lowest BCUT2D eigenvalue weighted by atomic mass is 9.81. The third-order valence-corrected chi connectivity index (χ3v) is 4.99. The number of carbonyl (C=O) groups is 2.